The number of anilines is 1. The Morgan fingerprint density at radius 3 is 2.60 bits per heavy atom. The molecule has 0 spiro atoms. The van der Waals surface area contributed by atoms with Crippen LogP contribution in [0.15, 0.2) is 51.4 Å². The molecule has 0 saturated heterocycles. The minimum Gasteiger partial charge on any atom is -0.490 e. The second kappa shape index (κ2) is 9.86. The van der Waals surface area contributed by atoms with Crippen LogP contribution in [0.25, 0.3) is 0 Å². The number of ether oxygens (including phenoxy) is 2. The van der Waals surface area contributed by atoms with Crippen LogP contribution in [-0.2, 0) is 4.74 Å². The summed E-state index contributed by atoms with van der Waals surface area (Å²) in [7, 11) is 1.59. The zero-order valence-corrected chi connectivity index (χ0v) is 17.3. The van der Waals surface area contributed by atoms with E-state index in [1.165, 1.54) is 0 Å². The first-order valence-corrected chi connectivity index (χ1v) is 9.28. The van der Waals surface area contributed by atoms with Crippen molar-refractivity contribution in [2.75, 3.05) is 25.6 Å². The summed E-state index contributed by atoms with van der Waals surface area (Å²) in [5.41, 5.74) is 1.15. The van der Waals surface area contributed by atoms with Crippen LogP contribution in [0.4, 0.5) is 5.69 Å². The molecule has 5 nitrogen and oxygen atoms in total. The third-order valence-corrected chi connectivity index (χ3v) is 4.23. The number of benzene rings is 2. The lowest BCUT2D eigenvalue weighted by molar-refractivity contribution is 0.0969. The van der Waals surface area contributed by atoms with Gasteiger partial charge in [-0.1, -0.05) is 37.9 Å². The van der Waals surface area contributed by atoms with Crippen LogP contribution in [0.2, 0.25) is 0 Å². The monoisotopic (exact) mass is 486 g/mol. The van der Waals surface area contributed by atoms with Crippen LogP contribution < -0.4 is 15.4 Å². The van der Waals surface area contributed by atoms with Gasteiger partial charge in [0.1, 0.15) is 12.4 Å². The van der Waals surface area contributed by atoms with Crippen molar-refractivity contribution >= 4 is 60.8 Å². The predicted molar refractivity (Wildman–Crippen MR) is 109 cm³/mol. The van der Waals surface area contributed by atoms with Gasteiger partial charge in [0.25, 0.3) is 5.91 Å². The molecule has 0 aliphatic carbocycles. The fourth-order valence-corrected chi connectivity index (χ4v) is 2.91. The van der Waals surface area contributed by atoms with Gasteiger partial charge in [-0.2, -0.15) is 0 Å². The van der Waals surface area contributed by atoms with Crippen molar-refractivity contribution in [1.82, 2.24) is 5.32 Å². The molecule has 0 unspecified atom stereocenters. The van der Waals surface area contributed by atoms with Gasteiger partial charge in [0.15, 0.2) is 5.11 Å². The van der Waals surface area contributed by atoms with E-state index in [-0.39, 0.29) is 11.0 Å². The van der Waals surface area contributed by atoms with Crippen molar-refractivity contribution in [3.05, 3.63) is 57.0 Å². The van der Waals surface area contributed by atoms with Crippen molar-refractivity contribution in [3.63, 3.8) is 0 Å². The van der Waals surface area contributed by atoms with Gasteiger partial charge in [-0.3, -0.25) is 10.1 Å². The van der Waals surface area contributed by atoms with Gasteiger partial charge in [-0.15, -0.1) is 0 Å². The number of carbonyl (C=O) groups is 1. The summed E-state index contributed by atoms with van der Waals surface area (Å²) >= 11 is 12.0. The lowest BCUT2D eigenvalue weighted by atomic mass is 10.2. The van der Waals surface area contributed by atoms with E-state index >= 15 is 0 Å². The highest BCUT2D eigenvalue weighted by atomic mass is 79.9. The number of halogens is 2. The van der Waals surface area contributed by atoms with Gasteiger partial charge in [0, 0.05) is 21.7 Å². The Bertz CT molecular complexity index is 771. The highest BCUT2D eigenvalue weighted by Crippen LogP contribution is 2.23. The predicted octanol–water partition coefficient (Wildman–Crippen LogP) is 4.36. The second-order valence-corrected chi connectivity index (χ2v) is 7.14. The van der Waals surface area contributed by atoms with E-state index in [9.17, 15) is 4.79 Å². The largest absolute Gasteiger partial charge is 0.490 e. The van der Waals surface area contributed by atoms with Crippen molar-refractivity contribution < 1.29 is 14.3 Å². The van der Waals surface area contributed by atoms with E-state index in [0.29, 0.717) is 24.5 Å². The number of hydrogen-bond donors (Lipinski definition) is 2. The normalized spacial score (nSPS) is 10.2. The quantitative estimate of drug-likeness (QED) is 0.468. The van der Waals surface area contributed by atoms with Crippen LogP contribution >= 0.6 is 44.1 Å². The molecular weight excluding hydrogens is 472 g/mol. The maximum absolute atomic E-state index is 12.5. The fraction of sp³-hybridized carbons (Fsp3) is 0.176. The third-order valence-electron chi connectivity index (χ3n) is 3.04. The van der Waals surface area contributed by atoms with Crippen LogP contribution in [0.1, 0.15) is 10.4 Å². The number of hydrogen-bond acceptors (Lipinski definition) is 4. The standard InChI is InChI=1S/C17H16Br2N2O3S/c1-23-7-8-24-15-6-5-12(19)10-14(15)16(22)21-17(25)20-13-4-2-3-11(18)9-13/h2-6,9-10H,7-8H2,1H3,(H2,20,21,22,25). The molecular formula is C17H16Br2N2O3S. The SMILES string of the molecule is COCCOc1ccc(Br)cc1C(=O)NC(=S)Nc1cccc(Br)c1. The Hall–Kier alpha value is -1.48. The smallest absolute Gasteiger partial charge is 0.261 e. The molecule has 132 valence electrons. The number of nitrogens with one attached hydrogen (secondary N) is 2. The maximum atomic E-state index is 12.5. The average molecular weight is 488 g/mol. The molecule has 0 bridgehead atoms. The summed E-state index contributed by atoms with van der Waals surface area (Å²) in [5.74, 6) is 0.101. The summed E-state index contributed by atoms with van der Waals surface area (Å²) in [6, 6.07) is 12.7. The van der Waals surface area contributed by atoms with E-state index in [0.717, 1.165) is 14.6 Å². The van der Waals surface area contributed by atoms with E-state index in [1.807, 2.05) is 24.3 Å². The zero-order chi connectivity index (χ0) is 18.2. The number of thiocarbonyl (C=S) groups is 1. The lowest BCUT2D eigenvalue weighted by Crippen LogP contribution is -2.34. The molecule has 0 heterocycles. The van der Waals surface area contributed by atoms with Crippen LogP contribution in [0, 0.1) is 0 Å². The number of carbonyl (C=O) groups excluding carboxylic acids is 1. The zero-order valence-electron chi connectivity index (χ0n) is 13.3. The van der Waals surface area contributed by atoms with E-state index in [1.54, 1.807) is 25.3 Å². The molecule has 2 aromatic rings. The van der Waals surface area contributed by atoms with E-state index in [2.05, 4.69) is 42.5 Å². The Balaban J connectivity index is 2.06. The van der Waals surface area contributed by atoms with Crippen LogP contribution in [0.3, 0.4) is 0 Å². The first kappa shape index (κ1) is 19.8. The molecule has 0 saturated carbocycles. The first-order chi connectivity index (χ1) is 12.0. The molecule has 25 heavy (non-hydrogen) atoms. The molecule has 0 fully saturated rings. The molecule has 2 aromatic carbocycles. The molecule has 0 aliphatic rings. The topological polar surface area (TPSA) is 59.6 Å². The van der Waals surface area contributed by atoms with Crippen molar-refractivity contribution in [1.29, 1.82) is 0 Å². The van der Waals surface area contributed by atoms with E-state index in [4.69, 9.17) is 21.7 Å². The highest BCUT2D eigenvalue weighted by Gasteiger charge is 2.15. The maximum Gasteiger partial charge on any atom is 0.261 e. The Labute approximate surface area is 168 Å². The number of rotatable bonds is 6. The minimum atomic E-state index is -0.360. The van der Waals surface area contributed by atoms with Crippen molar-refractivity contribution in [2.24, 2.45) is 0 Å². The molecule has 0 radical (unpaired) electrons. The van der Waals surface area contributed by atoms with Gasteiger partial charge < -0.3 is 14.8 Å². The molecule has 2 rings (SSSR count). The summed E-state index contributed by atoms with van der Waals surface area (Å²) in [4.78, 5) is 12.5. The fourth-order valence-electron chi connectivity index (χ4n) is 1.94. The number of amides is 1. The molecule has 0 atom stereocenters. The minimum absolute atomic E-state index is 0.200. The summed E-state index contributed by atoms with van der Waals surface area (Å²) < 4.78 is 12.2. The van der Waals surface area contributed by atoms with Gasteiger partial charge in [-0.25, -0.2) is 0 Å². The first-order valence-electron chi connectivity index (χ1n) is 7.29. The van der Waals surface area contributed by atoms with Crippen LogP contribution in [-0.4, -0.2) is 31.3 Å². The van der Waals surface area contributed by atoms with Gasteiger partial charge in [0.05, 0.1) is 12.2 Å². The summed E-state index contributed by atoms with van der Waals surface area (Å²) in [6.07, 6.45) is 0. The lowest BCUT2D eigenvalue weighted by Gasteiger charge is -2.13. The molecule has 1 amide bonds. The second-order valence-electron chi connectivity index (χ2n) is 4.90. The summed E-state index contributed by atoms with van der Waals surface area (Å²) in [6.45, 7) is 0.777. The average Bonchev–Trinajstić information content (AvgIpc) is 2.56. The van der Waals surface area contributed by atoms with Crippen molar-refractivity contribution in [2.45, 2.75) is 0 Å². The molecule has 8 heteroatoms. The van der Waals surface area contributed by atoms with Gasteiger partial charge in [-0.05, 0) is 48.6 Å². The Kier molecular flexibility index (Phi) is 7.83. The molecule has 2 N–H and O–H groups in total. The molecule has 0 aliphatic heterocycles. The third kappa shape index (κ3) is 6.39. The summed E-state index contributed by atoms with van der Waals surface area (Å²) in [5, 5.41) is 5.82. The Morgan fingerprint density at radius 1 is 1.12 bits per heavy atom. The van der Waals surface area contributed by atoms with E-state index < -0.39 is 0 Å². The number of methoxy groups -OCH3 is 1. The van der Waals surface area contributed by atoms with Crippen molar-refractivity contribution in [3.8, 4) is 5.75 Å². The van der Waals surface area contributed by atoms with Crippen LogP contribution in [0.5, 0.6) is 5.75 Å². The highest BCUT2D eigenvalue weighted by molar-refractivity contribution is 9.10. The van der Waals surface area contributed by atoms with Gasteiger partial charge in [0.2, 0.25) is 0 Å². The Morgan fingerprint density at radius 2 is 1.88 bits per heavy atom. The van der Waals surface area contributed by atoms with Gasteiger partial charge >= 0.3 is 0 Å². The molecule has 0 aromatic heterocycles.